The third kappa shape index (κ3) is 6.83. The summed E-state index contributed by atoms with van der Waals surface area (Å²) in [7, 11) is 0. The van der Waals surface area contributed by atoms with Gasteiger partial charge in [-0.15, -0.1) is 10.2 Å². The van der Waals surface area contributed by atoms with E-state index in [9.17, 15) is 9.59 Å². The molecule has 3 rings (SSSR count). The van der Waals surface area contributed by atoms with Crippen molar-refractivity contribution in [2.45, 2.75) is 65.3 Å². The smallest absolute Gasteiger partial charge is 0.226 e. The lowest BCUT2D eigenvalue weighted by molar-refractivity contribution is -0.132. The number of oxazole rings is 1. The number of aryl methyl sites for hydroxylation is 1. The summed E-state index contributed by atoms with van der Waals surface area (Å²) in [5.74, 6) is 1.40. The molecule has 1 N–H and O–H groups in total. The molecule has 2 aromatic heterocycles. The van der Waals surface area contributed by atoms with E-state index in [4.69, 9.17) is 4.42 Å². The Morgan fingerprint density at radius 2 is 1.97 bits per heavy atom. The van der Waals surface area contributed by atoms with Gasteiger partial charge in [-0.05, 0) is 12.8 Å². The molecule has 170 valence electrons. The number of carbonyl (C=O) groups excluding carboxylic acids is 2. The maximum Gasteiger partial charge on any atom is 0.226 e. The summed E-state index contributed by atoms with van der Waals surface area (Å²) in [5, 5.41) is 12.0. The van der Waals surface area contributed by atoms with Crippen molar-refractivity contribution in [1.29, 1.82) is 0 Å². The molecule has 0 aromatic carbocycles. The van der Waals surface area contributed by atoms with E-state index >= 15 is 0 Å². The molecule has 0 atom stereocenters. The van der Waals surface area contributed by atoms with Gasteiger partial charge in [0, 0.05) is 44.4 Å². The number of anilines is 1. The quantitative estimate of drug-likeness (QED) is 0.694. The molecule has 31 heavy (non-hydrogen) atoms. The number of rotatable bonds is 7. The number of hydrogen-bond donors (Lipinski definition) is 1. The Bertz CT molecular complexity index is 888. The van der Waals surface area contributed by atoms with Crippen LogP contribution in [0.4, 0.5) is 5.13 Å². The van der Waals surface area contributed by atoms with Crippen LogP contribution in [0.25, 0.3) is 0 Å². The fourth-order valence-electron chi connectivity index (χ4n) is 3.31. The molecular weight excluding hydrogens is 416 g/mol. The van der Waals surface area contributed by atoms with Crippen LogP contribution in [0.15, 0.2) is 10.6 Å². The van der Waals surface area contributed by atoms with Crippen LogP contribution in [0.3, 0.4) is 0 Å². The number of nitrogens with zero attached hydrogens (tertiary/aromatic N) is 5. The van der Waals surface area contributed by atoms with Crippen molar-refractivity contribution < 1.29 is 14.0 Å². The minimum Gasteiger partial charge on any atom is -0.444 e. The highest BCUT2D eigenvalue weighted by Crippen LogP contribution is 2.23. The highest BCUT2D eigenvalue weighted by atomic mass is 32.1. The zero-order valence-electron chi connectivity index (χ0n) is 18.8. The molecule has 10 heteroatoms. The van der Waals surface area contributed by atoms with Crippen LogP contribution in [0.5, 0.6) is 0 Å². The van der Waals surface area contributed by atoms with Crippen molar-refractivity contribution in [2.24, 2.45) is 0 Å². The molecule has 1 fully saturated rings. The molecule has 0 radical (unpaired) electrons. The van der Waals surface area contributed by atoms with E-state index < -0.39 is 0 Å². The number of hydrogen-bond acceptors (Lipinski definition) is 8. The van der Waals surface area contributed by atoms with Crippen molar-refractivity contribution in [3.63, 3.8) is 0 Å². The van der Waals surface area contributed by atoms with Gasteiger partial charge in [-0.1, -0.05) is 39.0 Å². The number of aromatic nitrogens is 3. The van der Waals surface area contributed by atoms with Gasteiger partial charge in [-0.3, -0.25) is 14.5 Å². The van der Waals surface area contributed by atoms with Crippen LogP contribution >= 0.6 is 11.3 Å². The molecule has 2 amide bonds. The number of amides is 2. The Balaban J connectivity index is 1.42. The Kier molecular flexibility index (Phi) is 7.77. The van der Waals surface area contributed by atoms with Gasteiger partial charge in [0.25, 0.3) is 0 Å². The van der Waals surface area contributed by atoms with Crippen molar-refractivity contribution in [2.75, 3.05) is 31.5 Å². The van der Waals surface area contributed by atoms with Crippen LogP contribution in [0.2, 0.25) is 0 Å². The van der Waals surface area contributed by atoms with Gasteiger partial charge in [0.1, 0.15) is 10.8 Å². The lowest BCUT2D eigenvalue weighted by Crippen LogP contribution is -2.35. The van der Waals surface area contributed by atoms with Gasteiger partial charge in [0.2, 0.25) is 22.8 Å². The van der Waals surface area contributed by atoms with Crippen molar-refractivity contribution in [3.8, 4) is 0 Å². The molecular formula is C21H32N6O3S. The number of carbonyl (C=O) groups is 2. The first kappa shape index (κ1) is 23.3. The second kappa shape index (κ2) is 10.3. The van der Waals surface area contributed by atoms with Crippen LogP contribution in [0.1, 0.15) is 63.6 Å². The maximum absolute atomic E-state index is 12.6. The summed E-state index contributed by atoms with van der Waals surface area (Å²) in [4.78, 5) is 33.3. The summed E-state index contributed by atoms with van der Waals surface area (Å²) < 4.78 is 5.90. The third-order valence-electron chi connectivity index (χ3n) is 5.17. The summed E-state index contributed by atoms with van der Waals surface area (Å²) >= 11 is 1.36. The Morgan fingerprint density at radius 3 is 2.65 bits per heavy atom. The molecule has 0 aliphatic carbocycles. The predicted molar refractivity (Wildman–Crippen MR) is 119 cm³/mol. The van der Waals surface area contributed by atoms with E-state index in [0.29, 0.717) is 30.7 Å². The summed E-state index contributed by atoms with van der Waals surface area (Å²) in [6.07, 6.45) is 3.81. The topological polar surface area (TPSA) is 104 Å². The van der Waals surface area contributed by atoms with Crippen LogP contribution in [0, 0.1) is 0 Å². The molecule has 0 unspecified atom stereocenters. The van der Waals surface area contributed by atoms with Crippen LogP contribution < -0.4 is 5.32 Å². The summed E-state index contributed by atoms with van der Waals surface area (Å²) in [5.41, 5.74) is -0.0616. The molecule has 1 saturated heterocycles. The van der Waals surface area contributed by atoms with Gasteiger partial charge < -0.3 is 14.6 Å². The number of nitrogens with one attached hydrogen (secondary N) is 1. The Hall–Kier alpha value is -2.33. The van der Waals surface area contributed by atoms with Gasteiger partial charge >= 0.3 is 0 Å². The van der Waals surface area contributed by atoms with Gasteiger partial charge in [-0.25, -0.2) is 4.98 Å². The maximum atomic E-state index is 12.6. The molecule has 0 bridgehead atoms. The molecule has 9 nitrogen and oxygen atoms in total. The monoisotopic (exact) mass is 448 g/mol. The van der Waals surface area contributed by atoms with Crippen LogP contribution in [-0.4, -0.2) is 63.0 Å². The van der Waals surface area contributed by atoms with Crippen molar-refractivity contribution in [1.82, 2.24) is 25.0 Å². The van der Waals surface area contributed by atoms with E-state index in [1.165, 1.54) is 11.3 Å². The summed E-state index contributed by atoms with van der Waals surface area (Å²) in [6.45, 7) is 11.9. The Labute approximate surface area is 187 Å². The van der Waals surface area contributed by atoms with E-state index in [1.54, 1.807) is 6.20 Å². The Morgan fingerprint density at radius 1 is 1.16 bits per heavy atom. The second-order valence-corrected chi connectivity index (χ2v) is 9.84. The first-order chi connectivity index (χ1) is 14.7. The SMILES string of the molecule is CCc1nnc(NC(=O)CCC(=O)N2CCCN(Cc3ncc(C(C)(C)C)o3)CC2)s1. The standard InChI is InChI=1S/C21H32N6O3S/c1-5-18-24-25-20(31-18)23-16(28)7-8-19(29)27-10-6-9-26(11-12-27)14-17-22-13-15(30-17)21(2,3)4/h13H,5-12,14H2,1-4H3,(H,23,25,28). The largest absolute Gasteiger partial charge is 0.444 e. The first-order valence-electron chi connectivity index (χ1n) is 10.8. The average molecular weight is 449 g/mol. The first-order valence-corrected chi connectivity index (χ1v) is 11.6. The van der Waals surface area contributed by atoms with Crippen LogP contribution in [-0.2, 0) is 28.0 Å². The van der Waals surface area contributed by atoms with E-state index in [-0.39, 0.29) is 30.1 Å². The average Bonchev–Trinajstić information content (AvgIpc) is 3.31. The normalized spacial score (nSPS) is 15.7. The van der Waals surface area contributed by atoms with Gasteiger partial charge in [0.05, 0.1) is 12.7 Å². The van der Waals surface area contributed by atoms with Crippen molar-refractivity contribution >= 4 is 28.3 Å². The second-order valence-electron chi connectivity index (χ2n) is 8.78. The zero-order valence-corrected chi connectivity index (χ0v) is 19.6. The highest BCUT2D eigenvalue weighted by molar-refractivity contribution is 7.15. The molecule has 1 aliphatic rings. The fourth-order valence-corrected chi connectivity index (χ4v) is 4.00. The fraction of sp³-hybridized carbons (Fsp3) is 0.667. The minimum atomic E-state index is -0.206. The lowest BCUT2D eigenvalue weighted by atomic mass is 9.94. The van der Waals surface area contributed by atoms with E-state index in [2.05, 4.69) is 46.2 Å². The van der Waals surface area contributed by atoms with Gasteiger partial charge in [-0.2, -0.15) is 0 Å². The molecule has 2 aromatic rings. The predicted octanol–water partition coefficient (Wildman–Crippen LogP) is 2.84. The van der Waals surface area contributed by atoms with E-state index in [1.807, 2.05) is 11.8 Å². The zero-order chi connectivity index (χ0) is 22.4. The van der Waals surface area contributed by atoms with E-state index in [0.717, 1.165) is 36.7 Å². The highest BCUT2D eigenvalue weighted by Gasteiger charge is 2.23. The summed E-state index contributed by atoms with van der Waals surface area (Å²) in [6, 6.07) is 0. The molecule has 3 heterocycles. The molecule has 1 aliphatic heterocycles. The minimum absolute atomic E-state index is 0.00894. The third-order valence-corrected chi connectivity index (χ3v) is 6.16. The molecule has 0 saturated carbocycles. The van der Waals surface area contributed by atoms with Crippen molar-refractivity contribution in [3.05, 3.63) is 22.9 Å². The van der Waals surface area contributed by atoms with Gasteiger partial charge in [0.15, 0.2) is 0 Å². The molecule has 0 spiro atoms. The lowest BCUT2D eigenvalue weighted by Gasteiger charge is -2.21.